The zero-order chi connectivity index (χ0) is 24.0. The molecule has 0 aliphatic heterocycles. The van der Waals surface area contributed by atoms with Crippen molar-refractivity contribution < 1.29 is 38.1 Å². The summed E-state index contributed by atoms with van der Waals surface area (Å²) in [5.41, 5.74) is -0.375. The van der Waals surface area contributed by atoms with Crippen LogP contribution in [0.25, 0.3) is 0 Å². The molecule has 0 N–H and O–H groups in total. The predicted octanol–water partition coefficient (Wildman–Crippen LogP) is 3.20. The highest BCUT2D eigenvalue weighted by atomic mass is 16.6. The fraction of sp³-hybridized carbons (Fsp3) is 0.833. The number of carbonyl (C=O) groups excluding carboxylic acids is 4. The minimum Gasteiger partial charge on any atom is -0.458 e. The molecule has 0 aromatic heterocycles. The summed E-state index contributed by atoms with van der Waals surface area (Å²) >= 11 is 0. The molecule has 0 radical (unpaired) electrons. The first-order valence-electron chi connectivity index (χ1n) is 11.5. The molecule has 0 heterocycles. The van der Waals surface area contributed by atoms with E-state index in [1.54, 1.807) is 0 Å². The van der Waals surface area contributed by atoms with E-state index in [1.165, 1.54) is 27.7 Å². The van der Waals surface area contributed by atoms with Gasteiger partial charge in [0.05, 0.1) is 0 Å². The van der Waals surface area contributed by atoms with Crippen LogP contribution in [0, 0.1) is 28.6 Å². The molecule has 0 spiro atoms. The van der Waals surface area contributed by atoms with E-state index in [2.05, 4.69) is 20.8 Å². The summed E-state index contributed by atoms with van der Waals surface area (Å²) in [5.74, 6) is -2.33. The second kappa shape index (κ2) is 8.67. The molecule has 8 heteroatoms. The van der Waals surface area contributed by atoms with E-state index >= 15 is 0 Å². The van der Waals surface area contributed by atoms with Gasteiger partial charge in [-0.15, -0.1) is 0 Å². The Balaban J connectivity index is 2.24. The van der Waals surface area contributed by atoms with Crippen molar-refractivity contribution >= 4 is 23.9 Å². The molecule has 4 fully saturated rings. The molecule has 4 aliphatic carbocycles. The Hall–Kier alpha value is -2.12. The van der Waals surface area contributed by atoms with Crippen LogP contribution in [0.15, 0.2) is 0 Å². The maximum Gasteiger partial charge on any atom is 0.303 e. The summed E-state index contributed by atoms with van der Waals surface area (Å²) in [6.07, 6.45) is 0.0107. The van der Waals surface area contributed by atoms with Gasteiger partial charge in [0.2, 0.25) is 0 Å². The monoisotopic (exact) mass is 452 g/mol. The van der Waals surface area contributed by atoms with Crippen LogP contribution in [0.2, 0.25) is 0 Å². The smallest absolute Gasteiger partial charge is 0.303 e. The fourth-order valence-electron chi connectivity index (χ4n) is 6.94. The van der Waals surface area contributed by atoms with Crippen molar-refractivity contribution in [3.8, 4) is 0 Å². The summed E-state index contributed by atoms with van der Waals surface area (Å²) in [4.78, 5) is 48.5. The first-order chi connectivity index (χ1) is 14.8. The highest BCUT2D eigenvalue weighted by Crippen LogP contribution is 2.69. The van der Waals surface area contributed by atoms with Crippen LogP contribution >= 0.6 is 0 Å². The van der Waals surface area contributed by atoms with Gasteiger partial charge in [0, 0.05) is 39.5 Å². The average Bonchev–Trinajstić information content (AvgIpc) is 2.65. The van der Waals surface area contributed by atoms with Crippen molar-refractivity contribution in [2.75, 3.05) is 0 Å². The molecule has 180 valence electrons. The Labute approximate surface area is 189 Å². The van der Waals surface area contributed by atoms with Crippen LogP contribution in [-0.2, 0) is 38.1 Å². The van der Waals surface area contributed by atoms with Crippen LogP contribution in [-0.4, -0.2) is 48.3 Å². The summed E-state index contributed by atoms with van der Waals surface area (Å²) in [6.45, 7) is 11.7. The lowest BCUT2D eigenvalue weighted by atomic mass is 9.38. The van der Waals surface area contributed by atoms with Crippen molar-refractivity contribution in [1.82, 2.24) is 0 Å². The fourth-order valence-corrected chi connectivity index (χ4v) is 6.94. The van der Waals surface area contributed by atoms with Crippen LogP contribution in [0.3, 0.4) is 0 Å². The van der Waals surface area contributed by atoms with E-state index in [9.17, 15) is 19.2 Å². The average molecular weight is 453 g/mol. The number of fused-ring (bicyclic) bond motifs is 2. The lowest BCUT2D eigenvalue weighted by Gasteiger charge is -2.68. The van der Waals surface area contributed by atoms with Gasteiger partial charge in [-0.2, -0.15) is 0 Å². The minimum atomic E-state index is -1.07. The van der Waals surface area contributed by atoms with Gasteiger partial charge in [-0.25, -0.2) is 0 Å². The van der Waals surface area contributed by atoms with Crippen molar-refractivity contribution in [1.29, 1.82) is 0 Å². The molecule has 4 rings (SSSR count). The van der Waals surface area contributed by atoms with E-state index in [-0.39, 0.29) is 28.6 Å². The van der Waals surface area contributed by atoms with Crippen molar-refractivity contribution in [3.63, 3.8) is 0 Å². The van der Waals surface area contributed by atoms with Gasteiger partial charge >= 0.3 is 23.9 Å². The van der Waals surface area contributed by atoms with Gasteiger partial charge in [-0.05, 0) is 42.4 Å². The highest BCUT2D eigenvalue weighted by Gasteiger charge is 2.70. The number of ether oxygens (including phenoxy) is 4. The molecular weight excluding hydrogens is 416 g/mol. The Bertz CT molecular complexity index is 779. The number of carbonyl (C=O) groups is 4. The molecule has 4 saturated carbocycles. The maximum atomic E-state index is 12.2. The van der Waals surface area contributed by atoms with Crippen molar-refractivity contribution in [3.05, 3.63) is 0 Å². The molecule has 6 unspecified atom stereocenters. The quantitative estimate of drug-likeness (QED) is 0.463. The molecular formula is C24H36O8. The molecule has 0 saturated heterocycles. The largest absolute Gasteiger partial charge is 0.458 e. The van der Waals surface area contributed by atoms with Crippen molar-refractivity contribution in [2.45, 2.75) is 98.6 Å². The Morgan fingerprint density at radius 3 is 1.31 bits per heavy atom. The van der Waals surface area contributed by atoms with Crippen LogP contribution < -0.4 is 0 Å². The normalized spacial score (nSPS) is 40.2. The molecule has 32 heavy (non-hydrogen) atoms. The molecule has 0 aromatic rings. The van der Waals surface area contributed by atoms with E-state index < -0.39 is 48.3 Å². The molecule has 0 amide bonds. The first kappa shape index (κ1) is 24.5. The second-order valence-corrected chi connectivity index (χ2v) is 10.4. The summed E-state index contributed by atoms with van der Waals surface area (Å²) in [5, 5.41) is 0. The van der Waals surface area contributed by atoms with Crippen molar-refractivity contribution in [2.24, 2.45) is 28.6 Å². The standard InChI is InChI=1S/C24H36O8/c1-12(2)24-10-8-23(7,9-11-24)17-18(24)20(30-14(4)26)22(32-16(6)28)21(31-15(5)27)19(17)29-13(3)25/h12,17-22H,8-11H2,1-7H3. The number of rotatable bonds is 5. The molecule has 6 atom stereocenters. The topological polar surface area (TPSA) is 105 Å². The van der Waals surface area contributed by atoms with E-state index in [0.717, 1.165) is 25.7 Å². The van der Waals surface area contributed by atoms with Gasteiger partial charge < -0.3 is 18.9 Å². The Morgan fingerprint density at radius 1 is 0.625 bits per heavy atom. The number of esters is 4. The first-order valence-corrected chi connectivity index (χ1v) is 11.5. The molecule has 8 nitrogen and oxygen atoms in total. The SMILES string of the molecule is CC(=O)OC1C(OC(C)=O)C(OC(C)=O)C2C(C1OC(C)=O)C1(C)CCC2(C(C)C)CC1. The third kappa shape index (κ3) is 4.13. The van der Waals surface area contributed by atoms with Crippen LogP contribution in [0.1, 0.15) is 74.1 Å². The number of hydrogen-bond donors (Lipinski definition) is 0. The second-order valence-electron chi connectivity index (χ2n) is 10.4. The molecule has 4 aliphatic rings. The summed E-state index contributed by atoms with van der Waals surface area (Å²) < 4.78 is 23.0. The summed E-state index contributed by atoms with van der Waals surface area (Å²) in [7, 11) is 0. The number of hydrogen-bond acceptors (Lipinski definition) is 8. The Kier molecular flexibility index (Phi) is 6.64. The van der Waals surface area contributed by atoms with Gasteiger partial charge in [-0.1, -0.05) is 20.8 Å². The minimum absolute atomic E-state index is 0.180. The predicted molar refractivity (Wildman–Crippen MR) is 113 cm³/mol. The third-order valence-corrected chi connectivity index (χ3v) is 8.22. The van der Waals surface area contributed by atoms with E-state index in [0.29, 0.717) is 0 Å². The summed E-state index contributed by atoms with van der Waals surface area (Å²) in [6, 6.07) is 0. The van der Waals surface area contributed by atoms with Crippen LogP contribution in [0.5, 0.6) is 0 Å². The van der Waals surface area contributed by atoms with E-state index in [4.69, 9.17) is 18.9 Å². The van der Waals surface area contributed by atoms with Gasteiger partial charge in [-0.3, -0.25) is 19.2 Å². The third-order valence-electron chi connectivity index (χ3n) is 8.22. The lowest BCUT2D eigenvalue weighted by Crippen LogP contribution is -2.72. The molecule has 2 bridgehead atoms. The maximum absolute atomic E-state index is 12.2. The van der Waals surface area contributed by atoms with Gasteiger partial charge in [0.1, 0.15) is 12.2 Å². The lowest BCUT2D eigenvalue weighted by molar-refractivity contribution is -0.287. The van der Waals surface area contributed by atoms with Crippen LogP contribution in [0.4, 0.5) is 0 Å². The zero-order valence-electron chi connectivity index (χ0n) is 20.1. The highest BCUT2D eigenvalue weighted by molar-refractivity contribution is 5.69. The Morgan fingerprint density at radius 2 is 0.969 bits per heavy atom. The molecule has 0 aromatic carbocycles. The van der Waals surface area contributed by atoms with Gasteiger partial charge in [0.25, 0.3) is 0 Å². The van der Waals surface area contributed by atoms with E-state index in [1.807, 2.05) is 0 Å². The zero-order valence-corrected chi connectivity index (χ0v) is 20.1. The van der Waals surface area contributed by atoms with Gasteiger partial charge in [0.15, 0.2) is 12.2 Å².